The summed E-state index contributed by atoms with van der Waals surface area (Å²) < 4.78 is 0. The van der Waals surface area contributed by atoms with Gasteiger partial charge in [0, 0.05) is 5.41 Å². The fourth-order valence-corrected chi connectivity index (χ4v) is 4.10. The fourth-order valence-electron chi connectivity index (χ4n) is 4.10. The van der Waals surface area contributed by atoms with E-state index in [0.717, 1.165) is 5.92 Å². The van der Waals surface area contributed by atoms with Gasteiger partial charge in [-0.1, -0.05) is 55.5 Å². The summed E-state index contributed by atoms with van der Waals surface area (Å²) in [7, 11) is 0. The van der Waals surface area contributed by atoms with E-state index >= 15 is 0 Å². The van der Waals surface area contributed by atoms with Crippen LogP contribution in [-0.2, 0) is 11.8 Å². The van der Waals surface area contributed by atoms with E-state index in [2.05, 4.69) is 55.5 Å². The molecule has 3 aliphatic carbocycles. The molecule has 0 aliphatic heterocycles. The molecule has 0 unspecified atom stereocenters. The van der Waals surface area contributed by atoms with Gasteiger partial charge in [-0.25, -0.2) is 0 Å². The molecule has 0 nitrogen and oxygen atoms in total. The Bertz CT molecular complexity index is 611. The van der Waals surface area contributed by atoms with Crippen molar-refractivity contribution >= 4 is 0 Å². The van der Waals surface area contributed by atoms with Gasteiger partial charge in [0.05, 0.1) is 0 Å². The number of hydrogen-bond acceptors (Lipinski definition) is 0. The van der Waals surface area contributed by atoms with Crippen LogP contribution in [0.25, 0.3) is 0 Å². The first-order chi connectivity index (χ1) is 8.79. The number of hydrogen-bond donors (Lipinski definition) is 0. The first kappa shape index (κ1) is 10.4. The SMILES string of the molecule is C[C@]12CC[C@H](Cc3ccccc31)c1ccccc12. The lowest BCUT2D eigenvalue weighted by atomic mass is 9.67. The number of rotatable bonds is 0. The molecule has 0 amide bonds. The van der Waals surface area contributed by atoms with Crippen LogP contribution in [0.15, 0.2) is 48.5 Å². The summed E-state index contributed by atoms with van der Waals surface area (Å²) in [5, 5.41) is 0. The summed E-state index contributed by atoms with van der Waals surface area (Å²) >= 11 is 0. The minimum atomic E-state index is 0.236. The molecular formula is C18H18. The van der Waals surface area contributed by atoms with Crippen LogP contribution in [0.4, 0.5) is 0 Å². The van der Waals surface area contributed by atoms with Crippen LogP contribution in [0.3, 0.4) is 0 Å². The lowest BCUT2D eigenvalue weighted by Crippen LogP contribution is -2.28. The molecule has 2 aromatic rings. The maximum Gasteiger partial charge on any atom is 0.0180 e. The molecular weight excluding hydrogens is 216 g/mol. The standard InChI is InChI=1S/C18H18/c1-18-11-10-13(15-7-3-5-9-17(15)18)12-14-6-2-4-8-16(14)18/h2-9,13H,10-12H2,1H3/t13-,18+/m1/s1. The Balaban J connectivity index is 2.07. The van der Waals surface area contributed by atoms with Gasteiger partial charge in [-0.05, 0) is 47.4 Å². The molecule has 0 heteroatoms. The van der Waals surface area contributed by atoms with Crippen molar-refractivity contribution in [2.24, 2.45) is 0 Å². The number of fused-ring (bicyclic) bond motifs is 1. The summed E-state index contributed by atoms with van der Waals surface area (Å²) in [4.78, 5) is 0. The third kappa shape index (κ3) is 1.21. The Morgan fingerprint density at radius 2 is 1.67 bits per heavy atom. The van der Waals surface area contributed by atoms with Crippen molar-refractivity contribution in [3.05, 3.63) is 70.8 Å². The molecule has 5 rings (SSSR count). The zero-order chi connectivity index (χ0) is 12.2. The highest BCUT2D eigenvalue weighted by atomic mass is 14.4. The van der Waals surface area contributed by atoms with Crippen molar-refractivity contribution in [1.29, 1.82) is 0 Å². The van der Waals surface area contributed by atoms with Crippen LogP contribution in [0.5, 0.6) is 0 Å². The van der Waals surface area contributed by atoms with Crippen LogP contribution in [0.1, 0.15) is 47.9 Å². The smallest absolute Gasteiger partial charge is 0.0180 e. The van der Waals surface area contributed by atoms with Crippen molar-refractivity contribution < 1.29 is 0 Å². The van der Waals surface area contributed by atoms with Gasteiger partial charge in [0.25, 0.3) is 0 Å². The lowest BCUT2D eigenvalue weighted by molar-refractivity contribution is 0.440. The molecule has 0 N–H and O–H groups in total. The summed E-state index contributed by atoms with van der Waals surface area (Å²) in [5.74, 6) is 0.734. The molecule has 0 saturated heterocycles. The van der Waals surface area contributed by atoms with Crippen molar-refractivity contribution in [3.63, 3.8) is 0 Å². The van der Waals surface area contributed by atoms with Crippen molar-refractivity contribution in [2.75, 3.05) is 0 Å². The molecule has 18 heavy (non-hydrogen) atoms. The quantitative estimate of drug-likeness (QED) is 0.632. The number of benzene rings is 2. The first-order valence-corrected chi connectivity index (χ1v) is 6.97. The van der Waals surface area contributed by atoms with Crippen molar-refractivity contribution in [1.82, 2.24) is 0 Å². The second-order valence-electron chi connectivity index (χ2n) is 6.02. The Hall–Kier alpha value is -1.56. The minimum absolute atomic E-state index is 0.236. The molecule has 90 valence electrons. The van der Waals surface area contributed by atoms with Gasteiger partial charge in [-0.3, -0.25) is 0 Å². The molecule has 0 heterocycles. The van der Waals surface area contributed by atoms with Gasteiger partial charge in [-0.2, -0.15) is 0 Å². The monoisotopic (exact) mass is 234 g/mol. The van der Waals surface area contributed by atoms with E-state index in [-0.39, 0.29) is 5.41 Å². The largest absolute Gasteiger partial charge is 0.0620 e. The van der Waals surface area contributed by atoms with Gasteiger partial charge in [-0.15, -0.1) is 0 Å². The zero-order valence-corrected chi connectivity index (χ0v) is 10.8. The highest BCUT2D eigenvalue weighted by Gasteiger charge is 2.41. The van der Waals surface area contributed by atoms with Crippen molar-refractivity contribution in [3.8, 4) is 0 Å². The van der Waals surface area contributed by atoms with Gasteiger partial charge < -0.3 is 0 Å². The van der Waals surface area contributed by atoms with E-state index in [1.807, 2.05) is 0 Å². The van der Waals surface area contributed by atoms with Gasteiger partial charge in [0.15, 0.2) is 0 Å². The topological polar surface area (TPSA) is 0 Å². The van der Waals surface area contributed by atoms with Crippen LogP contribution in [0.2, 0.25) is 0 Å². The highest BCUT2D eigenvalue weighted by Crippen LogP contribution is 2.51. The second-order valence-corrected chi connectivity index (χ2v) is 6.02. The Morgan fingerprint density at radius 1 is 0.944 bits per heavy atom. The molecule has 0 spiro atoms. The van der Waals surface area contributed by atoms with Gasteiger partial charge in [0.1, 0.15) is 0 Å². The van der Waals surface area contributed by atoms with E-state index in [1.165, 1.54) is 19.3 Å². The van der Waals surface area contributed by atoms with Crippen LogP contribution in [0, 0.1) is 0 Å². The molecule has 0 saturated carbocycles. The first-order valence-electron chi connectivity index (χ1n) is 6.97. The molecule has 2 aromatic carbocycles. The molecule has 0 aromatic heterocycles. The van der Waals surface area contributed by atoms with Crippen molar-refractivity contribution in [2.45, 2.75) is 37.5 Å². The minimum Gasteiger partial charge on any atom is -0.0620 e. The lowest BCUT2D eigenvalue weighted by Gasteiger charge is -2.37. The Morgan fingerprint density at radius 3 is 2.56 bits per heavy atom. The Kier molecular flexibility index (Phi) is 2.00. The predicted octanol–water partition coefficient (Wildman–Crippen LogP) is 4.43. The maximum absolute atomic E-state index is 2.44. The summed E-state index contributed by atoms with van der Waals surface area (Å²) in [6.45, 7) is 2.44. The van der Waals surface area contributed by atoms with Gasteiger partial charge in [0.2, 0.25) is 0 Å². The maximum atomic E-state index is 2.44. The predicted molar refractivity (Wildman–Crippen MR) is 75.0 cm³/mol. The normalized spacial score (nSPS) is 28.4. The third-order valence-electron chi connectivity index (χ3n) is 5.07. The van der Waals surface area contributed by atoms with Crippen LogP contribution in [-0.4, -0.2) is 0 Å². The van der Waals surface area contributed by atoms with E-state index in [9.17, 15) is 0 Å². The van der Waals surface area contributed by atoms with E-state index < -0.39 is 0 Å². The molecule has 2 bridgehead atoms. The fraction of sp³-hybridized carbons (Fsp3) is 0.333. The average molecular weight is 234 g/mol. The Labute approximate surface area is 109 Å². The molecule has 0 fully saturated rings. The molecule has 0 radical (unpaired) electrons. The van der Waals surface area contributed by atoms with Gasteiger partial charge >= 0.3 is 0 Å². The summed E-state index contributed by atoms with van der Waals surface area (Å²) in [6.07, 6.45) is 3.86. The third-order valence-corrected chi connectivity index (χ3v) is 5.07. The van der Waals surface area contributed by atoms with E-state index in [0.29, 0.717) is 0 Å². The van der Waals surface area contributed by atoms with E-state index in [4.69, 9.17) is 0 Å². The van der Waals surface area contributed by atoms with Crippen LogP contribution >= 0.6 is 0 Å². The summed E-state index contributed by atoms with van der Waals surface area (Å²) in [5.41, 5.74) is 6.55. The average Bonchev–Trinajstić information content (AvgIpc) is 2.63. The van der Waals surface area contributed by atoms with Crippen LogP contribution < -0.4 is 0 Å². The van der Waals surface area contributed by atoms with E-state index in [1.54, 1.807) is 22.3 Å². The molecule has 3 aliphatic rings. The zero-order valence-electron chi connectivity index (χ0n) is 10.8. The second kappa shape index (κ2) is 3.47. The highest BCUT2D eigenvalue weighted by molar-refractivity contribution is 5.52. The summed E-state index contributed by atoms with van der Waals surface area (Å²) in [6, 6.07) is 18.2. The molecule has 2 atom stereocenters.